The van der Waals surface area contributed by atoms with Gasteiger partial charge in [0.1, 0.15) is 11.5 Å². The van der Waals surface area contributed by atoms with E-state index in [1.165, 1.54) is 12.1 Å². The average Bonchev–Trinajstić information content (AvgIpc) is 3.29. The largest absolute Gasteiger partial charge is 0.457 e. The van der Waals surface area contributed by atoms with Crippen molar-refractivity contribution in [3.63, 3.8) is 0 Å². The van der Waals surface area contributed by atoms with Crippen LogP contribution in [0, 0.1) is 24.0 Å². The van der Waals surface area contributed by atoms with Gasteiger partial charge in [0.2, 0.25) is 0 Å². The van der Waals surface area contributed by atoms with Crippen molar-refractivity contribution in [2.24, 2.45) is 0 Å². The Hall–Kier alpha value is -3.65. The van der Waals surface area contributed by atoms with Crippen molar-refractivity contribution in [1.82, 2.24) is 0 Å². The summed E-state index contributed by atoms with van der Waals surface area (Å²) in [5.41, 5.74) is 2.48. The molecule has 0 radical (unpaired) electrons. The zero-order valence-corrected chi connectivity index (χ0v) is 16.9. The van der Waals surface area contributed by atoms with E-state index in [1.807, 2.05) is 6.07 Å². The molecule has 30 heavy (non-hydrogen) atoms. The molecule has 7 nitrogen and oxygen atoms in total. The number of para-hydroxylation sites is 1. The van der Waals surface area contributed by atoms with Crippen molar-refractivity contribution < 1.29 is 18.9 Å². The van der Waals surface area contributed by atoms with Crippen LogP contribution in [0.2, 0.25) is 0 Å². The number of thioether (sulfide) groups is 1. The quantitative estimate of drug-likeness (QED) is 0.305. The van der Waals surface area contributed by atoms with Gasteiger partial charge in [-0.15, -0.1) is 0 Å². The summed E-state index contributed by atoms with van der Waals surface area (Å²) in [6.45, 7) is 3.50. The van der Waals surface area contributed by atoms with Gasteiger partial charge >= 0.3 is 0 Å². The maximum Gasteiger partial charge on any atom is 0.298 e. The Balaban J connectivity index is 1.64. The minimum absolute atomic E-state index is 0.0203. The van der Waals surface area contributed by atoms with Crippen LogP contribution in [0.1, 0.15) is 16.9 Å². The van der Waals surface area contributed by atoms with Crippen molar-refractivity contribution in [3.8, 4) is 11.3 Å². The molecule has 4 rings (SSSR count). The lowest BCUT2D eigenvalue weighted by Gasteiger charge is -2.11. The first-order chi connectivity index (χ1) is 14.3. The molecule has 2 amide bonds. The highest BCUT2D eigenvalue weighted by Gasteiger charge is 2.36. The highest BCUT2D eigenvalue weighted by molar-refractivity contribution is 8.19. The van der Waals surface area contributed by atoms with Gasteiger partial charge < -0.3 is 4.42 Å². The van der Waals surface area contributed by atoms with Crippen molar-refractivity contribution in [2.45, 2.75) is 13.8 Å². The Bertz CT molecular complexity index is 1210. The van der Waals surface area contributed by atoms with E-state index in [1.54, 1.807) is 56.3 Å². The number of nitro groups is 1. The maximum atomic E-state index is 12.7. The van der Waals surface area contributed by atoms with Crippen molar-refractivity contribution >= 4 is 40.4 Å². The van der Waals surface area contributed by atoms with Crippen LogP contribution in [0.3, 0.4) is 0 Å². The van der Waals surface area contributed by atoms with Crippen LogP contribution < -0.4 is 4.90 Å². The third kappa shape index (κ3) is 3.53. The van der Waals surface area contributed by atoms with Gasteiger partial charge in [0.05, 0.1) is 15.5 Å². The number of nitrogens with zero attached hydrogens (tertiary/aromatic N) is 2. The van der Waals surface area contributed by atoms with E-state index >= 15 is 0 Å². The number of hydrogen-bond donors (Lipinski definition) is 0. The molecule has 2 heterocycles. The smallest absolute Gasteiger partial charge is 0.298 e. The fraction of sp³-hybridized carbons (Fsp3) is 0.0909. The molecule has 0 bridgehead atoms. The number of carbonyl (C=O) groups is 2. The van der Waals surface area contributed by atoms with Crippen LogP contribution in [0.4, 0.5) is 16.2 Å². The highest BCUT2D eigenvalue weighted by Crippen LogP contribution is 2.37. The number of anilines is 1. The SMILES string of the molecule is Cc1cc(-c2ccc(/C=C3\SC(=O)N(c4ccccc4)C3=O)o2)cc([N+](=O)[O-])c1C. The Morgan fingerprint density at radius 3 is 2.50 bits per heavy atom. The molecule has 1 saturated heterocycles. The Kier molecular flexibility index (Phi) is 5.01. The standard InChI is InChI=1S/C22H16N2O5S/c1-13-10-15(11-18(14(13)2)24(27)28)19-9-8-17(29-19)12-20-21(25)23(22(26)30-20)16-6-4-3-5-7-16/h3-12H,1-2H3/b20-12-. The lowest BCUT2D eigenvalue weighted by molar-refractivity contribution is -0.385. The number of hydrogen-bond acceptors (Lipinski definition) is 6. The number of rotatable bonds is 4. The van der Waals surface area contributed by atoms with Gasteiger partial charge in [-0.05, 0) is 61.5 Å². The molecular formula is C22H16N2O5S. The summed E-state index contributed by atoms with van der Waals surface area (Å²) in [5.74, 6) is 0.398. The molecule has 2 aromatic carbocycles. The van der Waals surface area contributed by atoms with Crippen LogP contribution in [0.25, 0.3) is 17.4 Å². The number of carbonyl (C=O) groups excluding carboxylic acids is 2. The Labute approximate surface area is 176 Å². The molecule has 150 valence electrons. The van der Waals surface area contributed by atoms with E-state index < -0.39 is 10.8 Å². The first kappa shape index (κ1) is 19.7. The van der Waals surface area contributed by atoms with Gasteiger partial charge in [0, 0.05) is 23.3 Å². The van der Waals surface area contributed by atoms with Crippen LogP contribution in [0.15, 0.2) is 63.9 Å². The van der Waals surface area contributed by atoms with Gasteiger partial charge in [-0.3, -0.25) is 19.7 Å². The summed E-state index contributed by atoms with van der Waals surface area (Å²) in [5, 5.41) is 10.9. The molecule has 1 aliphatic rings. The fourth-order valence-electron chi connectivity index (χ4n) is 3.15. The molecule has 1 aliphatic heterocycles. The molecule has 1 aromatic heterocycles. The predicted molar refractivity (Wildman–Crippen MR) is 115 cm³/mol. The second-order valence-electron chi connectivity index (χ2n) is 6.75. The third-order valence-corrected chi connectivity index (χ3v) is 5.70. The molecule has 3 aromatic rings. The van der Waals surface area contributed by atoms with Crippen molar-refractivity contribution in [3.05, 3.63) is 86.5 Å². The molecule has 0 aliphatic carbocycles. The monoisotopic (exact) mass is 420 g/mol. The van der Waals surface area contributed by atoms with E-state index in [0.717, 1.165) is 22.2 Å². The first-order valence-electron chi connectivity index (χ1n) is 9.04. The molecule has 0 atom stereocenters. The Morgan fingerprint density at radius 1 is 1.07 bits per heavy atom. The van der Waals surface area contributed by atoms with Gasteiger partial charge in [-0.2, -0.15) is 0 Å². The van der Waals surface area contributed by atoms with Gasteiger partial charge in [0.25, 0.3) is 16.8 Å². The predicted octanol–water partition coefficient (Wildman–Crippen LogP) is 5.71. The van der Waals surface area contributed by atoms with Gasteiger partial charge in [-0.1, -0.05) is 18.2 Å². The number of furan rings is 1. The summed E-state index contributed by atoms with van der Waals surface area (Å²) < 4.78 is 5.79. The topological polar surface area (TPSA) is 93.7 Å². The van der Waals surface area contributed by atoms with Crippen molar-refractivity contribution in [1.29, 1.82) is 0 Å². The number of imide groups is 1. The maximum absolute atomic E-state index is 12.7. The van der Waals surface area contributed by atoms with E-state index in [2.05, 4.69) is 0 Å². The lowest BCUT2D eigenvalue weighted by atomic mass is 10.0. The zero-order chi connectivity index (χ0) is 21.4. The Morgan fingerprint density at radius 2 is 1.80 bits per heavy atom. The summed E-state index contributed by atoms with van der Waals surface area (Å²) in [6.07, 6.45) is 1.51. The normalized spacial score (nSPS) is 15.3. The summed E-state index contributed by atoms with van der Waals surface area (Å²) in [6, 6.07) is 15.3. The molecule has 0 unspecified atom stereocenters. The van der Waals surface area contributed by atoms with Crippen molar-refractivity contribution in [2.75, 3.05) is 4.90 Å². The highest BCUT2D eigenvalue weighted by atomic mass is 32.2. The van der Waals surface area contributed by atoms with Crippen LogP contribution in [-0.2, 0) is 4.79 Å². The zero-order valence-electron chi connectivity index (χ0n) is 16.1. The second kappa shape index (κ2) is 7.64. The van der Waals surface area contributed by atoms with E-state index in [0.29, 0.717) is 28.3 Å². The van der Waals surface area contributed by atoms with E-state index in [-0.39, 0.29) is 15.8 Å². The molecule has 0 saturated carbocycles. The minimum atomic E-state index is -0.421. The average molecular weight is 420 g/mol. The van der Waals surface area contributed by atoms with Gasteiger partial charge in [0.15, 0.2) is 0 Å². The summed E-state index contributed by atoms with van der Waals surface area (Å²) in [4.78, 5) is 37.3. The number of aryl methyl sites for hydroxylation is 1. The molecule has 1 fully saturated rings. The van der Waals surface area contributed by atoms with Crippen LogP contribution in [-0.4, -0.2) is 16.1 Å². The van der Waals surface area contributed by atoms with E-state index in [4.69, 9.17) is 4.42 Å². The summed E-state index contributed by atoms with van der Waals surface area (Å²) in [7, 11) is 0. The molecule has 8 heteroatoms. The number of amides is 2. The number of nitro benzene ring substituents is 1. The third-order valence-electron chi connectivity index (χ3n) is 4.83. The summed E-state index contributed by atoms with van der Waals surface area (Å²) >= 11 is 0.837. The lowest BCUT2D eigenvalue weighted by Crippen LogP contribution is -2.27. The molecular weight excluding hydrogens is 404 g/mol. The van der Waals surface area contributed by atoms with Crippen LogP contribution in [0.5, 0.6) is 0 Å². The van der Waals surface area contributed by atoms with E-state index in [9.17, 15) is 19.7 Å². The van der Waals surface area contributed by atoms with Gasteiger partial charge in [-0.25, -0.2) is 4.90 Å². The number of benzene rings is 2. The van der Waals surface area contributed by atoms with Crippen LogP contribution >= 0.6 is 11.8 Å². The molecule has 0 spiro atoms. The minimum Gasteiger partial charge on any atom is -0.457 e. The molecule has 0 N–H and O–H groups in total. The first-order valence-corrected chi connectivity index (χ1v) is 9.85. The fourth-order valence-corrected chi connectivity index (χ4v) is 3.98. The second-order valence-corrected chi connectivity index (χ2v) is 7.74.